The Morgan fingerprint density at radius 2 is 2.00 bits per heavy atom. The van der Waals surface area contributed by atoms with E-state index in [-0.39, 0.29) is 0 Å². The Labute approximate surface area is 85.7 Å². The molecule has 1 aromatic rings. The van der Waals surface area contributed by atoms with Crippen molar-refractivity contribution in [3.05, 3.63) is 34.3 Å². The number of nitrogens with two attached hydrogens (primary N) is 1. The summed E-state index contributed by atoms with van der Waals surface area (Å²) in [5.41, 5.74) is 6.15. The molecule has 70 valence electrons. The number of carbonyl (C=O) groups excluding carboxylic acids is 1. The molecule has 0 spiro atoms. The first-order valence-corrected chi connectivity index (χ1v) is 4.64. The average molecular weight is 243 g/mol. The molecule has 0 radical (unpaired) electrons. The molecule has 0 saturated carbocycles. The van der Waals surface area contributed by atoms with Gasteiger partial charge in [0.1, 0.15) is 0 Å². The summed E-state index contributed by atoms with van der Waals surface area (Å²) < 4.78 is 1.03. The Kier molecular flexibility index (Phi) is 3.31. The number of benzene rings is 1. The molecular weight excluding hydrogens is 232 g/mol. The second kappa shape index (κ2) is 4.28. The van der Waals surface area contributed by atoms with Crippen LogP contribution < -0.4 is 5.73 Å². The van der Waals surface area contributed by atoms with E-state index in [1.165, 1.54) is 4.90 Å². The van der Waals surface area contributed by atoms with Gasteiger partial charge >= 0.3 is 6.03 Å². The molecule has 13 heavy (non-hydrogen) atoms. The molecule has 0 aliphatic rings. The van der Waals surface area contributed by atoms with Gasteiger partial charge < -0.3 is 10.6 Å². The zero-order valence-corrected chi connectivity index (χ0v) is 8.91. The molecule has 4 heteroatoms. The van der Waals surface area contributed by atoms with E-state index in [4.69, 9.17) is 5.73 Å². The molecule has 0 saturated heterocycles. The van der Waals surface area contributed by atoms with Crippen LogP contribution in [0.1, 0.15) is 5.56 Å². The molecule has 2 N–H and O–H groups in total. The van der Waals surface area contributed by atoms with Gasteiger partial charge in [0.25, 0.3) is 0 Å². The van der Waals surface area contributed by atoms with Crippen molar-refractivity contribution in [2.45, 2.75) is 6.54 Å². The van der Waals surface area contributed by atoms with Crippen LogP contribution in [0.2, 0.25) is 0 Å². The molecular formula is C9H11BrN2O. The van der Waals surface area contributed by atoms with Gasteiger partial charge in [0, 0.05) is 18.1 Å². The highest BCUT2D eigenvalue weighted by molar-refractivity contribution is 9.10. The second-order valence-electron chi connectivity index (χ2n) is 2.82. The first kappa shape index (κ1) is 10.1. The zero-order chi connectivity index (χ0) is 9.84. The van der Waals surface area contributed by atoms with Crippen LogP contribution in [-0.2, 0) is 6.54 Å². The summed E-state index contributed by atoms with van der Waals surface area (Å²) in [5, 5.41) is 0. The summed E-state index contributed by atoms with van der Waals surface area (Å²) >= 11 is 3.34. The van der Waals surface area contributed by atoms with Crippen molar-refractivity contribution in [3.63, 3.8) is 0 Å². The third kappa shape index (κ3) is 3.06. The van der Waals surface area contributed by atoms with Gasteiger partial charge in [-0.1, -0.05) is 28.1 Å². The average Bonchev–Trinajstić information content (AvgIpc) is 2.08. The summed E-state index contributed by atoms with van der Waals surface area (Å²) in [7, 11) is 1.67. The van der Waals surface area contributed by atoms with E-state index < -0.39 is 6.03 Å². The lowest BCUT2D eigenvalue weighted by molar-refractivity contribution is 0.216. The maximum absolute atomic E-state index is 10.7. The van der Waals surface area contributed by atoms with E-state index in [2.05, 4.69) is 15.9 Å². The Balaban J connectivity index is 2.64. The van der Waals surface area contributed by atoms with E-state index >= 15 is 0 Å². The molecule has 0 heterocycles. The standard InChI is InChI=1S/C9H11BrN2O/c1-12(9(11)13)6-7-2-4-8(10)5-3-7/h2-5H,6H2,1H3,(H2,11,13). The van der Waals surface area contributed by atoms with E-state index in [1.807, 2.05) is 24.3 Å². The smallest absolute Gasteiger partial charge is 0.314 e. The zero-order valence-electron chi connectivity index (χ0n) is 7.33. The van der Waals surface area contributed by atoms with Crippen molar-refractivity contribution in [3.8, 4) is 0 Å². The van der Waals surface area contributed by atoms with Crippen molar-refractivity contribution in [1.82, 2.24) is 4.90 Å². The second-order valence-corrected chi connectivity index (χ2v) is 3.74. The number of rotatable bonds is 2. The van der Waals surface area contributed by atoms with Crippen LogP contribution >= 0.6 is 15.9 Å². The van der Waals surface area contributed by atoms with E-state index in [0.29, 0.717) is 6.54 Å². The molecule has 2 amide bonds. The van der Waals surface area contributed by atoms with Crippen LogP contribution in [0.4, 0.5) is 4.79 Å². The van der Waals surface area contributed by atoms with Crippen molar-refractivity contribution >= 4 is 22.0 Å². The summed E-state index contributed by atoms with van der Waals surface area (Å²) in [4.78, 5) is 12.2. The number of amides is 2. The van der Waals surface area contributed by atoms with Gasteiger partial charge in [0.05, 0.1) is 0 Å². The van der Waals surface area contributed by atoms with Crippen LogP contribution in [0.3, 0.4) is 0 Å². The molecule has 0 fully saturated rings. The minimum atomic E-state index is -0.414. The number of primary amides is 1. The van der Waals surface area contributed by atoms with Gasteiger partial charge in [0.15, 0.2) is 0 Å². The summed E-state index contributed by atoms with van der Waals surface area (Å²) in [5.74, 6) is 0. The molecule has 0 aliphatic carbocycles. The van der Waals surface area contributed by atoms with Gasteiger partial charge in [-0.3, -0.25) is 0 Å². The minimum Gasteiger partial charge on any atom is -0.351 e. The Morgan fingerprint density at radius 1 is 1.46 bits per heavy atom. The van der Waals surface area contributed by atoms with Crippen molar-refractivity contribution in [2.75, 3.05) is 7.05 Å². The fraction of sp³-hybridized carbons (Fsp3) is 0.222. The van der Waals surface area contributed by atoms with Crippen LogP contribution in [0.5, 0.6) is 0 Å². The first-order chi connectivity index (χ1) is 6.09. The van der Waals surface area contributed by atoms with Gasteiger partial charge in [-0.05, 0) is 17.7 Å². The largest absolute Gasteiger partial charge is 0.351 e. The Hall–Kier alpha value is -1.03. The normalized spacial score (nSPS) is 9.69. The third-order valence-corrected chi connectivity index (χ3v) is 2.24. The Morgan fingerprint density at radius 3 is 2.46 bits per heavy atom. The fourth-order valence-electron chi connectivity index (χ4n) is 0.942. The number of hydrogen-bond donors (Lipinski definition) is 1. The number of hydrogen-bond acceptors (Lipinski definition) is 1. The highest BCUT2D eigenvalue weighted by Gasteiger charge is 2.02. The van der Waals surface area contributed by atoms with E-state index in [9.17, 15) is 4.79 Å². The number of carbonyl (C=O) groups is 1. The van der Waals surface area contributed by atoms with Crippen LogP contribution in [-0.4, -0.2) is 18.0 Å². The lowest BCUT2D eigenvalue weighted by atomic mass is 10.2. The van der Waals surface area contributed by atoms with Crippen LogP contribution in [0.25, 0.3) is 0 Å². The number of urea groups is 1. The predicted molar refractivity (Wildman–Crippen MR) is 55.2 cm³/mol. The molecule has 1 rings (SSSR count). The monoisotopic (exact) mass is 242 g/mol. The highest BCUT2D eigenvalue weighted by atomic mass is 79.9. The lowest BCUT2D eigenvalue weighted by Gasteiger charge is -2.13. The van der Waals surface area contributed by atoms with Crippen LogP contribution in [0.15, 0.2) is 28.7 Å². The fourth-order valence-corrected chi connectivity index (χ4v) is 1.21. The van der Waals surface area contributed by atoms with Gasteiger partial charge in [0.2, 0.25) is 0 Å². The molecule has 0 unspecified atom stereocenters. The maximum Gasteiger partial charge on any atom is 0.314 e. The number of halogens is 1. The van der Waals surface area contributed by atoms with Crippen molar-refractivity contribution in [1.29, 1.82) is 0 Å². The summed E-state index contributed by atoms with van der Waals surface area (Å²) in [6.45, 7) is 0.544. The quantitative estimate of drug-likeness (QED) is 0.847. The number of nitrogens with zero attached hydrogens (tertiary/aromatic N) is 1. The molecule has 3 nitrogen and oxygen atoms in total. The molecule has 1 aromatic carbocycles. The van der Waals surface area contributed by atoms with Crippen LogP contribution in [0, 0.1) is 0 Å². The van der Waals surface area contributed by atoms with Crippen molar-refractivity contribution < 1.29 is 4.79 Å². The topological polar surface area (TPSA) is 46.3 Å². The van der Waals surface area contributed by atoms with Gasteiger partial charge in [-0.25, -0.2) is 4.79 Å². The van der Waals surface area contributed by atoms with E-state index in [1.54, 1.807) is 7.05 Å². The van der Waals surface area contributed by atoms with Crippen molar-refractivity contribution in [2.24, 2.45) is 5.73 Å². The maximum atomic E-state index is 10.7. The summed E-state index contributed by atoms with van der Waals surface area (Å²) in [6.07, 6.45) is 0. The summed E-state index contributed by atoms with van der Waals surface area (Å²) in [6, 6.07) is 7.35. The SMILES string of the molecule is CN(Cc1ccc(Br)cc1)C(N)=O. The molecule has 0 bridgehead atoms. The highest BCUT2D eigenvalue weighted by Crippen LogP contribution is 2.11. The van der Waals surface area contributed by atoms with Gasteiger partial charge in [-0.15, -0.1) is 0 Å². The lowest BCUT2D eigenvalue weighted by Crippen LogP contribution is -2.31. The third-order valence-electron chi connectivity index (χ3n) is 1.71. The predicted octanol–water partition coefficient (Wildman–Crippen LogP) is 1.96. The Bertz CT molecular complexity index is 297. The molecule has 0 aromatic heterocycles. The molecule has 0 aliphatic heterocycles. The first-order valence-electron chi connectivity index (χ1n) is 3.84. The minimum absolute atomic E-state index is 0.414. The van der Waals surface area contributed by atoms with E-state index in [0.717, 1.165) is 10.0 Å². The van der Waals surface area contributed by atoms with Gasteiger partial charge in [-0.2, -0.15) is 0 Å². The molecule has 0 atom stereocenters.